The maximum absolute atomic E-state index is 12.2. The van der Waals surface area contributed by atoms with Crippen molar-refractivity contribution in [2.45, 2.75) is 20.3 Å². The standard InChI is InChI=1S/C13H20N2O4S/c1-10-6-5-7-11(2)13(10)14-20(17,18)15(3)9-8-12(16)19-4/h5-7,14H,8-9H2,1-4H3. The van der Waals surface area contributed by atoms with Crippen LogP contribution in [0.5, 0.6) is 0 Å². The molecule has 0 heterocycles. The van der Waals surface area contributed by atoms with Crippen LogP contribution in [0.25, 0.3) is 0 Å². The van der Waals surface area contributed by atoms with Gasteiger partial charge in [-0.1, -0.05) is 18.2 Å². The molecule has 20 heavy (non-hydrogen) atoms. The van der Waals surface area contributed by atoms with Gasteiger partial charge in [-0.15, -0.1) is 0 Å². The molecule has 6 nitrogen and oxygen atoms in total. The minimum atomic E-state index is -3.69. The molecule has 0 unspecified atom stereocenters. The molecule has 112 valence electrons. The number of para-hydroxylation sites is 1. The van der Waals surface area contributed by atoms with Crippen molar-refractivity contribution in [1.29, 1.82) is 0 Å². The van der Waals surface area contributed by atoms with Crippen molar-refractivity contribution >= 4 is 21.9 Å². The summed E-state index contributed by atoms with van der Waals surface area (Å²) < 4.78 is 32.5. The highest BCUT2D eigenvalue weighted by Gasteiger charge is 2.20. The maximum atomic E-state index is 12.2. The Balaban J connectivity index is 2.82. The molecule has 0 aliphatic heterocycles. The fourth-order valence-corrected chi connectivity index (χ4v) is 2.72. The summed E-state index contributed by atoms with van der Waals surface area (Å²) in [6, 6.07) is 5.53. The second-order valence-corrected chi connectivity index (χ2v) is 6.30. The first kappa shape index (κ1) is 16.5. The number of nitrogens with zero attached hydrogens (tertiary/aromatic N) is 1. The first-order valence-electron chi connectivity index (χ1n) is 6.15. The van der Waals surface area contributed by atoms with E-state index in [1.54, 1.807) is 0 Å². The Bertz CT molecular complexity index is 564. The number of ether oxygens (including phenoxy) is 1. The predicted octanol–water partition coefficient (Wildman–Crippen LogP) is 1.46. The summed E-state index contributed by atoms with van der Waals surface area (Å²) in [7, 11) is -1.00. The lowest BCUT2D eigenvalue weighted by Crippen LogP contribution is -2.34. The van der Waals surface area contributed by atoms with Crippen molar-refractivity contribution < 1.29 is 17.9 Å². The summed E-state index contributed by atoms with van der Waals surface area (Å²) in [5, 5.41) is 0. The maximum Gasteiger partial charge on any atom is 0.306 e. The second kappa shape index (κ2) is 6.71. The number of methoxy groups -OCH3 is 1. The number of carbonyl (C=O) groups excluding carboxylic acids is 1. The van der Waals surface area contributed by atoms with E-state index in [0.29, 0.717) is 5.69 Å². The minimum Gasteiger partial charge on any atom is -0.469 e. The summed E-state index contributed by atoms with van der Waals surface area (Å²) in [6.07, 6.45) is 0.0145. The lowest BCUT2D eigenvalue weighted by atomic mass is 10.1. The number of carbonyl (C=O) groups is 1. The molecule has 0 saturated carbocycles. The molecule has 0 aliphatic rings. The molecule has 0 spiro atoms. The summed E-state index contributed by atoms with van der Waals surface area (Å²) >= 11 is 0. The van der Waals surface area contributed by atoms with Gasteiger partial charge in [-0.25, -0.2) is 0 Å². The molecule has 0 aromatic heterocycles. The Morgan fingerprint density at radius 2 is 1.85 bits per heavy atom. The van der Waals surface area contributed by atoms with Gasteiger partial charge < -0.3 is 4.74 Å². The number of anilines is 1. The lowest BCUT2D eigenvalue weighted by molar-refractivity contribution is -0.140. The Kier molecular flexibility index (Phi) is 5.52. The van der Waals surface area contributed by atoms with Crippen LogP contribution in [0.15, 0.2) is 18.2 Å². The molecule has 0 saturated heterocycles. The van der Waals surface area contributed by atoms with Crippen LogP contribution < -0.4 is 4.72 Å². The van der Waals surface area contributed by atoms with Gasteiger partial charge in [0.15, 0.2) is 0 Å². The number of hydrogen-bond donors (Lipinski definition) is 1. The molecular weight excluding hydrogens is 280 g/mol. The van der Waals surface area contributed by atoms with Gasteiger partial charge >= 0.3 is 16.2 Å². The van der Waals surface area contributed by atoms with Crippen molar-refractivity contribution in [2.75, 3.05) is 25.4 Å². The largest absolute Gasteiger partial charge is 0.469 e. The van der Waals surface area contributed by atoms with Crippen LogP contribution in [0.3, 0.4) is 0 Å². The van der Waals surface area contributed by atoms with Gasteiger partial charge in [-0.05, 0) is 25.0 Å². The van der Waals surface area contributed by atoms with Gasteiger partial charge in [0.05, 0.1) is 19.2 Å². The van der Waals surface area contributed by atoms with Crippen LogP contribution in [-0.4, -0.2) is 39.4 Å². The molecule has 1 aromatic carbocycles. The van der Waals surface area contributed by atoms with Crippen LogP contribution in [0.4, 0.5) is 5.69 Å². The summed E-state index contributed by atoms with van der Waals surface area (Å²) in [5.41, 5.74) is 2.25. The lowest BCUT2D eigenvalue weighted by Gasteiger charge is -2.19. The zero-order valence-corrected chi connectivity index (χ0v) is 13.0. The highest BCUT2D eigenvalue weighted by atomic mass is 32.2. The smallest absolute Gasteiger partial charge is 0.306 e. The normalized spacial score (nSPS) is 11.4. The number of benzene rings is 1. The Morgan fingerprint density at radius 3 is 2.35 bits per heavy atom. The summed E-state index contributed by atoms with van der Waals surface area (Å²) in [6.45, 7) is 3.73. The van der Waals surface area contributed by atoms with Gasteiger partial charge in [0.2, 0.25) is 0 Å². The SMILES string of the molecule is COC(=O)CCN(C)S(=O)(=O)Nc1c(C)cccc1C. The van der Waals surface area contributed by atoms with Crippen LogP contribution in [0, 0.1) is 13.8 Å². The third-order valence-electron chi connectivity index (χ3n) is 2.98. The number of hydrogen-bond acceptors (Lipinski definition) is 4. The summed E-state index contributed by atoms with van der Waals surface area (Å²) in [4.78, 5) is 11.0. The molecule has 1 rings (SSSR count). The highest BCUT2D eigenvalue weighted by Crippen LogP contribution is 2.21. The summed E-state index contributed by atoms with van der Waals surface area (Å²) in [5.74, 6) is -0.445. The van der Waals surface area contributed by atoms with Gasteiger partial charge in [0, 0.05) is 13.6 Å². The minimum absolute atomic E-state index is 0.0145. The van der Waals surface area contributed by atoms with Crippen LogP contribution in [-0.2, 0) is 19.7 Å². The van der Waals surface area contributed by atoms with E-state index in [-0.39, 0.29) is 13.0 Å². The second-order valence-electron chi connectivity index (χ2n) is 4.52. The predicted molar refractivity (Wildman–Crippen MR) is 77.7 cm³/mol. The van der Waals surface area contributed by atoms with Crippen molar-refractivity contribution in [2.24, 2.45) is 0 Å². The molecule has 0 aliphatic carbocycles. The van der Waals surface area contributed by atoms with Gasteiger partial charge in [-0.3, -0.25) is 9.52 Å². The van der Waals surface area contributed by atoms with Gasteiger partial charge in [0.25, 0.3) is 0 Å². The number of nitrogens with one attached hydrogen (secondary N) is 1. The van der Waals surface area contributed by atoms with E-state index in [1.807, 2.05) is 32.0 Å². The van der Waals surface area contributed by atoms with Crippen molar-refractivity contribution in [3.63, 3.8) is 0 Å². The van der Waals surface area contributed by atoms with Crippen molar-refractivity contribution in [3.05, 3.63) is 29.3 Å². The monoisotopic (exact) mass is 300 g/mol. The van der Waals surface area contributed by atoms with Crippen LogP contribution in [0.1, 0.15) is 17.5 Å². The third-order valence-corrected chi connectivity index (χ3v) is 4.45. The molecule has 0 radical (unpaired) electrons. The Hall–Kier alpha value is -1.60. The van der Waals surface area contributed by atoms with Crippen LogP contribution >= 0.6 is 0 Å². The average molecular weight is 300 g/mol. The Labute approximate surface area is 119 Å². The number of rotatable bonds is 6. The first-order valence-corrected chi connectivity index (χ1v) is 7.59. The van der Waals surface area contributed by atoms with Gasteiger partial charge in [-0.2, -0.15) is 12.7 Å². The molecule has 1 aromatic rings. The molecule has 0 atom stereocenters. The fraction of sp³-hybridized carbons (Fsp3) is 0.462. The highest BCUT2D eigenvalue weighted by molar-refractivity contribution is 7.90. The zero-order chi connectivity index (χ0) is 15.3. The van der Waals surface area contributed by atoms with Gasteiger partial charge in [0.1, 0.15) is 0 Å². The molecule has 7 heteroatoms. The fourth-order valence-electron chi connectivity index (χ4n) is 1.65. The molecular formula is C13H20N2O4S. The third kappa shape index (κ3) is 4.21. The van der Waals surface area contributed by atoms with Crippen molar-refractivity contribution in [1.82, 2.24) is 4.31 Å². The molecule has 1 N–H and O–H groups in total. The Morgan fingerprint density at radius 1 is 1.30 bits per heavy atom. The van der Waals surface area contributed by atoms with E-state index in [9.17, 15) is 13.2 Å². The van der Waals surface area contributed by atoms with Crippen LogP contribution in [0.2, 0.25) is 0 Å². The number of esters is 1. The molecule has 0 amide bonds. The van der Waals surface area contributed by atoms with E-state index in [4.69, 9.17) is 0 Å². The van der Waals surface area contributed by atoms with E-state index in [0.717, 1.165) is 15.4 Å². The van der Waals surface area contributed by atoms with E-state index < -0.39 is 16.2 Å². The zero-order valence-electron chi connectivity index (χ0n) is 12.1. The first-order chi connectivity index (χ1) is 9.27. The topological polar surface area (TPSA) is 75.7 Å². The quantitative estimate of drug-likeness (QED) is 0.807. The van der Waals surface area contributed by atoms with E-state index in [1.165, 1.54) is 14.2 Å². The molecule has 0 fully saturated rings. The van der Waals surface area contributed by atoms with E-state index in [2.05, 4.69) is 9.46 Å². The molecule has 0 bridgehead atoms. The average Bonchev–Trinajstić information content (AvgIpc) is 2.39. The van der Waals surface area contributed by atoms with Crippen molar-refractivity contribution in [3.8, 4) is 0 Å². The number of aryl methyl sites for hydroxylation is 2. The van der Waals surface area contributed by atoms with E-state index >= 15 is 0 Å².